The maximum atomic E-state index is 13.2. The van der Waals surface area contributed by atoms with E-state index in [-0.39, 0.29) is 22.9 Å². The Morgan fingerprint density at radius 3 is 2.59 bits per heavy atom. The van der Waals surface area contributed by atoms with E-state index in [0.29, 0.717) is 28.3 Å². The first-order chi connectivity index (χ1) is 13.9. The number of aliphatic hydroxyl groups is 1. The SMILES string of the molecule is OCCn1c(CSc2nc(C(F)(F)F)nc3ccccc23)nc2ccc(Cl)cc21. The van der Waals surface area contributed by atoms with Gasteiger partial charge in [0.1, 0.15) is 10.9 Å². The lowest BCUT2D eigenvalue weighted by Gasteiger charge is -2.11. The van der Waals surface area contributed by atoms with Gasteiger partial charge in [-0.05, 0) is 24.3 Å². The Bertz CT molecular complexity index is 1200. The Kier molecular flexibility index (Phi) is 5.37. The molecule has 0 spiro atoms. The van der Waals surface area contributed by atoms with E-state index in [2.05, 4.69) is 15.0 Å². The Hall–Kier alpha value is -2.36. The maximum absolute atomic E-state index is 13.2. The summed E-state index contributed by atoms with van der Waals surface area (Å²) in [5.41, 5.74) is 1.68. The summed E-state index contributed by atoms with van der Waals surface area (Å²) in [7, 11) is 0. The molecule has 0 radical (unpaired) electrons. The molecular weight excluding hydrogens is 425 g/mol. The zero-order chi connectivity index (χ0) is 20.6. The minimum atomic E-state index is -4.64. The Balaban J connectivity index is 1.74. The molecule has 0 unspecified atom stereocenters. The normalized spacial score (nSPS) is 12.2. The molecule has 0 bridgehead atoms. The van der Waals surface area contributed by atoms with Gasteiger partial charge >= 0.3 is 6.18 Å². The first-order valence-corrected chi connectivity index (χ1v) is 9.95. The molecule has 2 heterocycles. The predicted molar refractivity (Wildman–Crippen MR) is 106 cm³/mol. The Morgan fingerprint density at radius 2 is 1.83 bits per heavy atom. The zero-order valence-electron chi connectivity index (χ0n) is 14.8. The fourth-order valence-corrected chi connectivity index (χ4v) is 4.15. The van der Waals surface area contributed by atoms with E-state index in [0.717, 1.165) is 17.3 Å². The molecule has 150 valence electrons. The third kappa shape index (κ3) is 4.03. The van der Waals surface area contributed by atoms with Crippen molar-refractivity contribution in [2.45, 2.75) is 23.5 Å². The summed E-state index contributed by atoms with van der Waals surface area (Å²) in [6.07, 6.45) is -4.64. The van der Waals surface area contributed by atoms with Crippen LogP contribution in [0.15, 0.2) is 47.5 Å². The van der Waals surface area contributed by atoms with E-state index >= 15 is 0 Å². The van der Waals surface area contributed by atoms with Gasteiger partial charge in [-0.3, -0.25) is 0 Å². The molecule has 0 fully saturated rings. The van der Waals surface area contributed by atoms with Crippen molar-refractivity contribution in [2.24, 2.45) is 0 Å². The predicted octanol–water partition coefficient (Wildman–Crippen LogP) is 4.94. The first kappa shape index (κ1) is 19.9. The van der Waals surface area contributed by atoms with Crippen molar-refractivity contribution < 1.29 is 18.3 Å². The van der Waals surface area contributed by atoms with Gasteiger partial charge in [0, 0.05) is 17.0 Å². The molecule has 1 N–H and O–H groups in total. The smallest absolute Gasteiger partial charge is 0.395 e. The quantitative estimate of drug-likeness (QED) is 0.353. The molecule has 4 aromatic rings. The lowest BCUT2D eigenvalue weighted by molar-refractivity contribution is -0.145. The number of para-hydroxylation sites is 1. The second kappa shape index (κ2) is 7.81. The number of alkyl halides is 3. The molecular formula is C19H14ClF3N4OS. The molecule has 5 nitrogen and oxygen atoms in total. The number of thioether (sulfide) groups is 1. The van der Waals surface area contributed by atoms with Gasteiger partial charge in [0.15, 0.2) is 0 Å². The number of aliphatic hydroxyl groups excluding tert-OH is 1. The fraction of sp³-hybridized carbons (Fsp3) is 0.211. The Morgan fingerprint density at radius 1 is 1.03 bits per heavy atom. The van der Waals surface area contributed by atoms with Gasteiger partial charge in [-0.2, -0.15) is 13.2 Å². The number of fused-ring (bicyclic) bond motifs is 2. The van der Waals surface area contributed by atoms with E-state index < -0.39 is 12.0 Å². The zero-order valence-corrected chi connectivity index (χ0v) is 16.4. The molecule has 0 saturated heterocycles. The van der Waals surface area contributed by atoms with Gasteiger partial charge in [-0.1, -0.05) is 41.6 Å². The minimum absolute atomic E-state index is 0.107. The van der Waals surface area contributed by atoms with Crippen molar-refractivity contribution in [3.63, 3.8) is 0 Å². The second-order valence-electron chi connectivity index (χ2n) is 6.19. The standard InChI is InChI=1S/C19H14ClF3N4OS/c20-11-5-6-14-15(9-11)27(7-8-28)16(24-14)10-29-17-12-3-1-2-4-13(12)25-18(26-17)19(21,22)23/h1-6,9,28H,7-8,10H2. The van der Waals surface area contributed by atoms with Crippen LogP contribution in [0.3, 0.4) is 0 Å². The first-order valence-electron chi connectivity index (χ1n) is 8.59. The average Bonchev–Trinajstić information content (AvgIpc) is 3.02. The number of nitrogens with zero attached hydrogens (tertiary/aromatic N) is 4. The molecule has 2 aromatic heterocycles. The molecule has 29 heavy (non-hydrogen) atoms. The van der Waals surface area contributed by atoms with Crippen molar-refractivity contribution in [1.29, 1.82) is 0 Å². The number of imidazole rings is 1. The van der Waals surface area contributed by atoms with Crippen molar-refractivity contribution in [3.05, 3.63) is 59.1 Å². The van der Waals surface area contributed by atoms with E-state index in [4.69, 9.17) is 11.6 Å². The molecule has 4 rings (SSSR count). The molecule has 2 aromatic carbocycles. The van der Waals surface area contributed by atoms with Gasteiger partial charge in [0.05, 0.1) is 28.9 Å². The molecule has 0 aliphatic heterocycles. The highest BCUT2D eigenvalue weighted by atomic mass is 35.5. The van der Waals surface area contributed by atoms with E-state index in [1.54, 1.807) is 36.4 Å². The number of hydrogen-bond donors (Lipinski definition) is 1. The third-order valence-corrected chi connectivity index (χ3v) is 5.50. The summed E-state index contributed by atoms with van der Waals surface area (Å²) in [4.78, 5) is 11.9. The molecule has 0 aliphatic carbocycles. The maximum Gasteiger partial charge on any atom is 0.451 e. The van der Waals surface area contributed by atoms with Gasteiger partial charge in [0.25, 0.3) is 0 Å². The van der Waals surface area contributed by atoms with Crippen molar-refractivity contribution in [3.8, 4) is 0 Å². The average molecular weight is 439 g/mol. The van der Waals surface area contributed by atoms with Crippen LogP contribution in [-0.2, 0) is 18.5 Å². The summed E-state index contributed by atoms with van der Waals surface area (Å²) >= 11 is 7.21. The van der Waals surface area contributed by atoms with Crippen molar-refractivity contribution in [2.75, 3.05) is 6.61 Å². The number of aromatic nitrogens is 4. The number of rotatable bonds is 5. The minimum Gasteiger partial charge on any atom is -0.395 e. The molecule has 10 heteroatoms. The highest BCUT2D eigenvalue weighted by Gasteiger charge is 2.35. The summed E-state index contributed by atoms with van der Waals surface area (Å²) in [5.74, 6) is -0.295. The summed E-state index contributed by atoms with van der Waals surface area (Å²) in [5, 5.41) is 10.7. The van der Waals surface area contributed by atoms with E-state index in [1.165, 1.54) is 6.07 Å². The van der Waals surface area contributed by atoms with Crippen molar-refractivity contribution in [1.82, 2.24) is 19.5 Å². The van der Waals surface area contributed by atoms with Crippen molar-refractivity contribution >= 4 is 45.3 Å². The van der Waals surface area contributed by atoms with E-state index in [9.17, 15) is 18.3 Å². The highest BCUT2D eigenvalue weighted by Crippen LogP contribution is 2.33. The summed E-state index contributed by atoms with van der Waals surface area (Å²) in [6, 6.07) is 11.8. The van der Waals surface area contributed by atoms with Crippen LogP contribution < -0.4 is 0 Å². The van der Waals surface area contributed by atoms with Crippen LogP contribution in [0.1, 0.15) is 11.6 Å². The number of benzene rings is 2. The molecule has 0 amide bonds. The van der Waals surface area contributed by atoms with Crippen LogP contribution >= 0.6 is 23.4 Å². The van der Waals surface area contributed by atoms with Gasteiger partial charge < -0.3 is 9.67 Å². The fourth-order valence-electron chi connectivity index (χ4n) is 3.02. The number of hydrogen-bond acceptors (Lipinski definition) is 5. The monoisotopic (exact) mass is 438 g/mol. The van der Waals surface area contributed by atoms with Gasteiger partial charge in [-0.15, -0.1) is 0 Å². The second-order valence-corrected chi connectivity index (χ2v) is 7.59. The lowest BCUT2D eigenvalue weighted by atomic mass is 10.2. The van der Waals surface area contributed by atoms with Crippen LogP contribution in [0.5, 0.6) is 0 Å². The largest absolute Gasteiger partial charge is 0.451 e. The summed E-state index contributed by atoms with van der Waals surface area (Å²) < 4.78 is 41.4. The van der Waals surface area contributed by atoms with Crippen LogP contribution in [0, 0.1) is 0 Å². The van der Waals surface area contributed by atoms with Crippen LogP contribution in [0.4, 0.5) is 13.2 Å². The summed E-state index contributed by atoms with van der Waals surface area (Å²) in [6.45, 7) is 0.190. The molecule has 0 aliphatic rings. The topological polar surface area (TPSA) is 63.8 Å². The van der Waals surface area contributed by atoms with Crippen LogP contribution in [-0.4, -0.2) is 31.2 Å². The van der Waals surface area contributed by atoms with E-state index in [1.807, 2.05) is 4.57 Å². The number of halogens is 4. The van der Waals surface area contributed by atoms with Crippen LogP contribution in [0.25, 0.3) is 21.9 Å². The van der Waals surface area contributed by atoms with Crippen LogP contribution in [0.2, 0.25) is 5.02 Å². The highest BCUT2D eigenvalue weighted by molar-refractivity contribution is 7.98. The van der Waals surface area contributed by atoms with Gasteiger partial charge in [-0.25, -0.2) is 15.0 Å². The molecule has 0 saturated carbocycles. The lowest BCUT2D eigenvalue weighted by Crippen LogP contribution is -2.12. The third-order valence-electron chi connectivity index (χ3n) is 4.27. The molecule has 0 atom stereocenters. The Labute approximate surface area is 172 Å². The van der Waals surface area contributed by atoms with Gasteiger partial charge in [0.2, 0.25) is 5.82 Å².